The third kappa shape index (κ3) is 5.22. The van der Waals surface area contributed by atoms with Gasteiger partial charge in [-0.3, -0.25) is 9.69 Å². The number of aromatic nitrogens is 3. The van der Waals surface area contributed by atoms with Crippen molar-refractivity contribution in [2.45, 2.75) is 38.3 Å². The van der Waals surface area contributed by atoms with Crippen LogP contribution in [0.3, 0.4) is 0 Å². The lowest BCUT2D eigenvalue weighted by molar-refractivity contribution is 0.0491. The lowest BCUT2D eigenvalue weighted by Crippen LogP contribution is -2.58. The number of amides is 1. The molecule has 0 aliphatic carbocycles. The molecule has 0 unspecified atom stereocenters. The minimum absolute atomic E-state index is 0.123. The van der Waals surface area contributed by atoms with Crippen LogP contribution < -0.4 is 4.90 Å². The first-order valence-corrected chi connectivity index (χ1v) is 13.2. The van der Waals surface area contributed by atoms with Crippen LogP contribution >= 0.6 is 27.5 Å². The van der Waals surface area contributed by atoms with Crippen molar-refractivity contribution in [3.63, 3.8) is 0 Å². The summed E-state index contributed by atoms with van der Waals surface area (Å²) in [7, 11) is 0. The molecule has 0 bridgehead atoms. The van der Waals surface area contributed by atoms with Gasteiger partial charge >= 0.3 is 0 Å². The predicted octanol–water partition coefficient (Wildman–Crippen LogP) is 4.75. The van der Waals surface area contributed by atoms with Crippen LogP contribution in [0.5, 0.6) is 0 Å². The van der Waals surface area contributed by atoms with E-state index in [2.05, 4.69) is 47.8 Å². The van der Waals surface area contributed by atoms with Gasteiger partial charge in [-0.25, -0.2) is 4.98 Å². The van der Waals surface area contributed by atoms with Gasteiger partial charge in [-0.1, -0.05) is 34.5 Å². The summed E-state index contributed by atoms with van der Waals surface area (Å²) >= 11 is 10.0. The molecule has 2 aliphatic rings. The number of carbonyl (C=O) groups is 1. The van der Waals surface area contributed by atoms with Crippen molar-refractivity contribution in [2.75, 3.05) is 37.6 Å². The number of anilines is 1. The van der Waals surface area contributed by atoms with Gasteiger partial charge in [0.05, 0.1) is 10.6 Å². The molecule has 2 aliphatic heterocycles. The van der Waals surface area contributed by atoms with Crippen molar-refractivity contribution < 1.29 is 9.21 Å². The van der Waals surface area contributed by atoms with E-state index in [0.29, 0.717) is 28.6 Å². The maximum Gasteiger partial charge on any atom is 0.253 e. The zero-order valence-corrected chi connectivity index (χ0v) is 22.0. The number of nitrogens with zero attached hydrogens (tertiary/aromatic N) is 6. The van der Waals surface area contributed by atoms with Gasteiger partial charge in [-0.15, -0.1) is 10.2 Å². The molecule has 1 amide bonds. The number of rotatable bonds is 5. The average Bonchev–Trinajstić information content (AvgIpc) is 3.44. The molecule has 184 valence electrons. The molecule has 35 heavy (non-hydrogen) atoms. The fourth-order valence-electron chi connectivity index (χ4n) is 5.16. The van der Waals surface area contributed by atoms with Gasteiger partial charge in [0.15, 0.2) is 0 Å². The molecule has 10 heteroatoms. The summed E-state index contributed by atoms with van der Waals surface area (Å²) in [5.74, 6) is 1.33. The maximum atomic E-state index is 12.9. The van der Waals surface area contributed by atoms with Gasteiger partial charge in [0.1, 0.15) is 5.82 Å². The standard InChI is InChI=1S/C25H28BrClN6O2/c1-2-20-15-32(23-22(27)13-18(14-28-23)24-30-29-16-35-24)11-12-33(20)21-7-9-31(10-8-21)25(34)17-3-5-19(26)6-4-17/h3-6,13-14,16,20-21H,2,7-12,15H2,1H3/t20-/m0/s1. The van der Waals surface area contributed by atoms with E-state index >= 15 is 0 Å². The molecule has 1 aromatic carbocycles. The number of piperidine rings is 1. The third-order valence-corrected chi connectivity index (χ3v) is 7.85. The number of hydrogen-bond acceptors (Lipinski definition) is 7. The van der Waals surface area contributed by atoms with Gasteiger partial charge in [0.25, 0.3) is 5.91 Å². The molecule has 5 rings (SSSR count). The first-order valence-electron chi connectivity index (χ1n) is 12.0. The van der Waals surface area contributed by atoms with Crippen LogP contribution in [0.1, 0.15) is 36.5 Å². The maximum absolute atomic E-state index is 12.9. The molecule has 2 aromatic heterocycles. The lowest BCUT2D eigenvalue weighted by atomic mass is 9.97. The second-order valence-corrected chi connectivity index (χ2v) is 10.4. The Bertz CT molecular complexity index is 1150. The Morgan fingerprint density at radius 1 is 1.17 bits per heavy atom. The minimum Gasteiger partial charge on any atom is -0.423 e. The molecular weight excluding hydrogens is 532 g/mol. The van der Waals surface area contributed by atoms with Crippen LogP contribution in [0.15, 0.2) is 51.8 Å². The summed E-state index contributed by atoms with van der Waals surface area (Å²) in [6.45, 7) is 6.51. The normalized spacial score (nSPS) is 19.8. The van der Waals surface area contributed by atoms with Crippen LogP contribution in [-0.2, 0) is 0 Å². The summed E-state index contributed by atoms with van der Waals surface area (Å²) < 4.78 is 6.24. The Labute approximate surface area is 218 Å². The van der Waals surface area contributed by atoms with Gasteiger partial charge < -0.3 is 14.2 Å². The van der Waals surface area contributed by atoms with Gasteiger partial charge in [-0.05, 0) is 49.6 Å². The lowest BCUT2D eigenvalue weighted by Gasteiger charge is -2.47. The smallest absolute Gasteiger partial charge is 0.253 e. The van der Waals surface area contributed by atoms with Crippen molar-refractivity contribution in [2.24, 2.45) is 0 Å². The fraction of sp³-hybridized carbons (Fsp3) is 0.440. The highest BCUT2D eigenvalue weighted by Gasteiger charge is 2.34. The highest BCUT2D eigenvalue weighted by Crippen LogP contribution is 2.31. The summed E-state index contributed by atoms with van der Waals surface area (Å²) in [6, 6.07) is 10.4. The number of likely N-dealkylation sites (tertiary alicyclic amines) is 1. The summed E-state index contributed by atoms with van der Waals surface area (Å²) in [6.07, 6.45) is 6.07. The number of hydrogen-bond donors (Lipinski definition) is 0. The Morgan fingerprint density at radius 3 is 2.60 bits per heavy atom. The van der Waals surface area contributed by atoms with Crippen LogP contribution in [0.25, 0.3) is 11.5 Å². The molecule has 2 fully saturated rings. The number of halogens is 2. The van der Waals surface area contributed by atoms with E-state index in [1.165, 1.54) is 6.39 Å². The van der Waals surface area contributed by atoms with Gasteiger partial charge in [-0.2, -0.15) is 0 Å². The molecular formula is C25H28BrClN6O2. The SMILES string of the molecule is CC[C@H]1CN(c2ncc(-c3nnco3)cc2Cl)CCN1C1CCN(C(=O)c2ccc(Br)cc2)CC1. The van der Waals surface area contributed by atoms with Gasteiger partial charge in [0, 0.05) is 61.0 Å². The van der Waals surface area contributed by atoms with E-state index < -0.39 is 0 Å². The monoisotopic (exact) mass is 558 g/mol. The molecule has 3 aromatic rings. The molecule has 2 saturated heterocycles. The predicted molar refractivity (Wildman–Crippen MR) is 139 cm³/mol. The van der Waals surface area contributed by atoms with Crippen LogP contribution in [0, 0.1) is 0 Å². The van der Waals surface area contributed by atoms with E-state index in [1.807, 2.05) is 35.2 Å². The van der Waals surface area contributed by atoms with Crippen LogP contribution in [0.2, 0.25) is 5.02 Å². The molecule has 4 heterocycles. The van der Waals surface area contributed by atoms with Crippen molar-refractivity contribution >= 4 is 39.3 Å². The third-order valence-electron chi connectivity index (χ3n) is 7.04. The molecule has 1 atom stereocenters. The Morgan fingerprint density at radius 2 is 1.94 bits per heavy atom. The number of carbonyl (C=O) groups excluding carboxylic acids is 1. The largest absolute Gasteiger partial charge is 0.423 e. The Hall–Kier alpha value is -2.49. The van der Waals surface area contributed by atoms with Crippen molar-refractivity contribution in [1.82, 2.24) is 25.0 Å². The summed E-state index contributed by atoms with van der Waals surface area (Å²) in [4.78, 5) is 24.4. The van der Waals surface area contributed by atoms with Crippen molar-refractivity contribution in [1.29, 1.82) is 0 Å². The second-order valence-electron chi connectivity index (χ2n) is 9.05. The first kappa shape index (κ1) is 24.2. The number of pyridine rings is 1. The Kier molecular flexibility index (Phi) is 7.36. The molecule has 0 spiro atoms. The summed E-state index contributed by atoms with van der Waals surface area (Å²) in [5, 5.41) is 8.24. The van der Waals surface area contributed by atoms with Crippen molar-refractivity contribution in [3.05, 3.63) is 58.0 Å². The molecule has 0 saturated carbocycles. The second kappa shape index (κ2) is 10.6. The molecule has 0 N–H and O–H groups in total. The Balaban J connectivity index is 1.20. The van der Waals surface area contributed by atoms with E-state index in [4.69, 9.17) is 16.0 Å². The summed E-state index contributed by atoms with van der Waals surface area (Å²) in [5.41, 5.74) is 1.47. The van der Waals surface area contributed by atoms with Crippen molar-refractivity contribution in [3.8, 4) is 11.5 Å². The highest BCUT2D eigenvalue weighted by molar-refractivity contribution is 9.10. The van der Waals surface area contributed by atoms with E-state index in [0.717, 1.165) is 67.8 Å². The minimum atomic E-state index is 0.123. The zero-order chi connectivity index (χ0) is 24.4. The zero-order valence-electron chi connectivity index (χ0n) is 19.6. The number of piperazine rings is 1. The quantitative estimate of drug-likeness (QED) is 0.446. The highest BCUT2D eigenvalue weighted by atomic mass is 79.9. The molecule has 8 nitrogen and oxygen atoms in total. The van der Waals surface area contributed by atoms with E-state index in [-0.39, 0.29) is 5.91 Å². The fourth-order valence-corrected chi connectivity index (χ4v) is 5.71. The molecule has 0 radical (unpaired) electrons. The topological polar surface area (TPSA) is 78.6 Å². The van der Waals surface area contributed by atoms with Gasteiger partial charge in [0.2, 0.25) is 12.3 Å². The van der Waals surface area contributed by atoms with E-state index in [1.54, 1.807) is 6.20 Å². The van der Waals surface area contributed by atoms with Crippen LogP contribution in [0.4, 0.5) is 5.82 Å². The van der Waals surface area contributed by atoms with Crippen LogP contribution in [-0.4, -0.2) is 75.7 Å². The number of benzene rings is 1. The average molecular weight is 560 g/mol. The first-order chi connectivity index (χ1) is 17.0. The van der Waals surface area contributed by atoms with E-state index in [9.17, 15) is 4.79 Å².